The second-order valence-corrected chi connectivity index (χ2v) is 7.17. The van der Waals surface area contributed by atoms with Gasteiger partial charge in [-0.3, -0.25) is 0 Å². The highest BCUT2D eigenvalue weighted by molar-refractivity contribution is 7.88. The number of hydrogen-bond donors (Lipinski definition) is 1. The minimum atomic E-state index is -3.40. The molecular formula is C13H18N2O3S2. The second kappa shape index (κ2) is 6.17. The number of sulfonamides is 1. The molecule has 1 heterocycles. The van der Waals surface area contributed by atoms with Crippen molar-refractivity contribution in [2.45, 2.75) is 18.7 Å². The van der Waals surface area contributed by atoms with Gasteiger partial charge in [-0.15, -0.1) is 0 Å². The molecule has 0 aromatic heterocycles. The van der Waals surface area contributed by atoms with E-state index in [-0.39, 0.29) is 16.8 Å². The van der Waals surface area contributed by atoms with Crippen LogP contribution in [0.15, 0.2) is 24.3 Å². The molecule has 2 N–H and O–H groups in total. The summed E-state index contributed by atoms with van der Waals surface area (Å²) >= 11 is 4.97. The van der Waals surface area contributed by atoms with Gasteiger partial charge >= 0.3 is 0 Å². The summed E-state index contributed by atoms with van der Waals surface area (Å²) in [4.78, 5) is 0.214. The van der Waals surface area contributed by atoms with Crippen LogP contribution in [0, 0.1) is 0 Å². The van der Waals surface area contributed by atoms with Gasteiger partial charge < -0.3 is 10.5 Å². The number of nitrogens with two attached hydrogens (primary N) is 1. The van der Waals surface area contributed by atoms with E-state index in [4.69, 9.17) is 22.7 Å². The van der Waals surface area contributed by atoms with Crippen LogP contribution in [-0.4, -0.2) is 43.5 Å². The molecule has 0 bridgehead atoms. The first kappa shape index (κ1) is 15.4. The summed E-state index contributed by atoms with van der Waals surface area (Å²) in [6, 6.07) is 6.93. The minimum Gasteiger partial charge on any atom is -0.389 e. The molecule has 2 rings (SSSR count). The third-order valence-electron chi connectivity index (χ3n) is 3.28. The Bertz CT molecular complexity index is 601. The maximum Gasteiger partial charge on any atom is 0.218 e. The lowest BCUT2D eigenvalue weighted by molar-refractivity contribution is 0.0392. The fourth-order valence-electron chi connectivity index (χ4n) is 2.29. The smallest absolute Gasteiger partial charge is 0.218 e. The number of thiocarbonyl (C=S) groups is 1. The van der Waals surface area contributed by atoms with Crippen molar-refractivity contribution in [1.82, 2.24) is 4.31 Å². The van der Waals surface area contributed by atoms with E-state index in [2.05, 4.69) is 0 Å². The van der Waals surface area contributed by atoms with Crippen molar-refractivity contribution < 1.29 is 13.2 Å². The Labute approximate surface area is 124 Å². The lowest BCUT2D eigenvalue weighted by atomic mass is 10.1. The van der Waals surface area contributed by atoms with Gasteiger partial charge in [-0.2, -0.15) is 4.31 Å². The zero-order valence-electron chi connectivity index (χ0n) is 11.3. The molecule has 0 spiro atoms. The van der Waals surface area contributed by atoms with Crippen LogP contribution < -0.4 is 5.73 Å². The van der Waals surface area contributed by atoms with Crippen molar-refractivity contribution in [3.05, 3.63) is 35.4 Å². The molecule has 1 saturated heterocycles. The minimum absolute atomic E-state index is 0.0924. The largest absolute Gasteiger partial charge is 0.389 e. The van der Waals surface area contributed by atoms with E-state index < -0.39 is 10.0 Å². The van der Waals surface area contributed by atoms with Crippen LogP contribution >= 0.6 is 12.2 Å². The summed E-state index contributed by atoms with van der Waals surface area (Å²) in [6.07, 6.45) is 0. The quantitative estimate of drug-likeness (QED) is 0.835. The molecule has 1 aliphatic heterocycles. The SMILES string of the molecule is CC1COCCN1S(=O)(=O)Cc1ccccc1C(N)=S. The molecule has 0 aliphatic carbocycles. The zero-order valence-corrected chi connectivity index (χ0v) is 12.9. The number of morpholine rings is 1. The van der Waals surface area contributed by atoms with Crippen molar-refractivity contribution in [1.29, 1.82) is 0 Å². The van der Waals surface area contributed by atoms with Crippen LogP contribution in [0.25, 0.3) is 0 Å². The van der Waals surface area contributed by atoms with Gasteiger partial charge in [0.1, 0.15) is 4.99 Å². The van der Waals surface area contributed by atoms with Gasteiger partial charge in [0.15, 0.2) is 0 Å². The third-order valence-corrected chi connectivity index (χ3v) is 5.44. The molecule has 1 unspecified atom stereocenters. The number of hydrogen-bond acceptors (Lipinski definition) is 4. The molecule has 1 aromatic carbocycles. The topological polar surface area (TPSA) is 72.6 Å². The summed E-state index contributed by atoms with van der Waals surface area (Å²) in [5, 5.41) is 0. The van der Waals surface area contributed by atoms with Crippen molar-refractivity contribution in [3.8, 4) is 0 Å². The third kappa shape index (κ3) is 3.35. The molecule has 7 heteroatoms. The molecule has 0 saturated carbocycles. The Morgan fingerprint density at radius 2 is 2.20 bits per heavy atom. The first-order valence-corrected chi connectivity index (χ1v) is 8.38. The van der Waals surface area contributed by atoms with Crippen molar-refractivity contribution in [2.75, 3.05) is 19.8 Å². The maximum atomic E-state index is 12.5. The Morgan fingerprint density at radius 3 is 2.85 bits per heavy atom. The first-order chi connectivity index (χ1) is 9.42. The van der Waals surface area contributed by atoms with Gasteiger partial charge in [-0.1, -0.05) is 36.5 Å². The summed E-state index contributed by atoms with van der Waals surface area (Å²) in [5.74, 6) is -0.0924. The predicted molar refractivity (Wildman–Crippen MR) is 81.9 cm³/mol. The highest BCUT2D eigenvalue weighted by atomic mass is 32.2. The summed E-state index contributed by atoms with van der Waals surface area (Å²) in [5.41, 5.74) is 6.90. The monoisotopic (exact) mass is 314 g/mol. The van der Waals surface area contributed by atoms with E-state index in [9.17, 15) is 8.42 Å². The molecule has 1 atom stereocenters. The van der Waals surface area contributed by atoms with Crippen LogP contribution in [0.5, 0.6) is 0 Å². The van der Waals surface area contributed by atoms with Crippen molar-refractivity contribution in [2.24, 2.45) is 5.73 Å². The number of benzene rings is 1. The molecule has 0 amide bonds. The standard InChI is InChI=1S/C13H18N2O3S2/c1-10-8-18-7-6-15(10)20(16,17)9-11-4-2-3-5-12(11)13(14)19/h2-5,10H,6-9H2,1H3,(H2,14,19). The normalized spacial score (nSPS) is 20.8. The van der Waals surface area contributed by atoms with Crippen LogP contribution in [0.1, 0.15) is 18.1 Å². The summed E-state index contributed by atoms with van der Waals surface area (Å²) in [7, 11) is -3.40. The molecule has 20 heavy (non-hydrogen) atoms. The molecule has 110 valence electrons. The van der Waals surface area contributed by atoms with E-state index in [1.807, 2.05) is 6.92 Å². The predicted octanol–water partition coefficient (Wildman–Crippen LogP) is 0.871. The van der Waals surface area contributed by atoms with E-state index >= 15 is 0 Å². The van der Waals surface area contributed by atoms with Crippen LogP contribution in [0.4, 0.5) is 0 Å². The van der Waals surface area contributed by atoms with Gasteiger partial charge in [0.2, 0.25) is 10.0 Å². The molecule has 1 aliphatic rings. The fraction of sp³-hybridized carbons (Fsp3) is 0.462. The zero-order chi connectivity index (χ0) is 14.8. The number of ether oxygens (including phenoxy) is 1. The van der Waals surface area contributed by atoms with Gasteiger partial charge in [0.05, 0.1) is 19.0 Å². The highest BCUT2D eigenvalue weighted by Crippen LogP contribution is 2.19. The molecule has 5 nitrogen and oxygen atoms in total. The van der Waals surface area contributed by atoms with Crippen LogP contribution in [0.3, 0.4) is 0 Å². The van der Waals surface area contributed by atoms with Crippen molar-refractivity contribution in [3.63, 3.8) is 0 Å². The van der Waals surface area contributed by atoms with E-state index in [0.29, 0.717) is 30.9 Å². The summed E-state index contributed by atoms with van der Waals surface area (Å²) < 4.78 is 31.8. The van der Waals surface area contributed by atoms with Gasteiger partial charge in [-0.05, 0) is 12.5 Å². The van der Waals surface area contributed by atoms with Crippen molar-refractivity contribution >= 4 is 27.2 Å². The molecule has 0 radical (unpaired) electrons. The average Bonchev–Trinajstić information content (AvgIpc) is 2.39. The van der Waals surface area contributed by atoms with E-state index in [1.54, 1.807) is 24.3 Å². The second-order valence-electron chi connectivity index (χ2n) is 4.81. The van der Waals surface area contributed by atoms with Crippen LogP contribution in [-0.2, 0) is 20.5 Å². The summed E-state index contributed by atoms with van der Waals surface area (Å²) in [6.45, 7) is 3.09. The number of nitrogens with zero attached hydrogens (tertiary/aromatic N) is 1. The lowest BCUT2D eigenvalue weighted by Gasteiger charge is -2.32. The fourth-order valence-corrected chi connectivity index (χ4v) is 4.26. The Balaban J connectivity index is 2.26. The van der Waals surface area contributed by atoms with Gasteiger partial charge in [0.25, 0.3) is 0 Å². The Hall–Kier alpha value is -1.02. The first-order valence-electron chi connectivity index (χ1n) is 6.37. The molecular weight excluding hydrogens is 296 g/mol. The van der Waals surface area contributed by atoms with Gasteiger partial charge in [-0.25, -0.2) is 8.42 Å². The Kier molecular flexibility index (Phi) is 4.74. The highest BCUT2D eigenvalue weighted by Gasteiger charge is 2.30. The van der Waals surface area contributed by atoms with Gasteiger partial charge in [0, 0.05) is 18.2 Å². The Morgan fingerprint density at radius 1 is 1.50 bits per heavy atom. The lowest BCUT2D eigenvalue weighted by Crippen LogP contribution is -2.47. The molecule has 1 fully saturated rings. The number of rotatable bonds is 4. The van der Waals surface area contributed by atoms with E-state index in [0.717, 1.165) is 0 Å². The van der Waals surface area contributed by atoms with Crippen LogP contribution in [0.2, 0.25) is 0 Å². The van der Waals surface area contributed by atoms with E-state index in [1.165, 1.54) is 4.31 Å². The average molecular weight is 314 g/mol. The molecule has 1 aromatic rings. The maximum absolute atomic E-state index is 12.5.